The number of H-pyrrole nitrogens is 1. The molecule has 1 aliphatic carbocycles. The molecule has 1 aliphatic rings. The summed E-state index contributed by atoms with van der Waals surface area (Å²) < 4.78 is 13.3. The molecule has 3 heteroatoms. The Hall–Kier alpha value is -1.64. The number of benzene rings is 1. The van der Waals surface area contributed by atoms with Crippen molar-refractivity contribution < 1.29 is 9.18 Å². The number of fused-ring (bicyclic) bond motifs is 1. The number of aromatic nitrogens is 1. The van der Waals surface area contributed by atoms with E-state index in [1.165, 1.54) is 6.07 Å². The lowest BCUT2D eigenvalue weighted by molar-refractivity contribution is -0.119. The molecular weight excluding hydrogens is 229 g/mol. The van der Waals surface area contributed by atoms with E-state index in [0.29, 0.717) is 18.6 Å². The number of nitrogens with one attached hydrogen (secondary N) is 1. The van der Waals surface area contributed by atoms with Gasteiger partial charge in [0.05, 0.1) is 0 Å². The molecule has 2 aromatic rings. The van der Waals surface area contributed by atoms with Crippen molar-refractivity contribution >= 4 is 16.7 Å². The number of ketones is 1. The normalized spacial score (nSPS) is 21.2. The van der Waals surface area contributed by atoms with E-state index < -0.39 is 0 Å². The number of rotatable bonds is 1. The average Bonchev–Trinajstić information content (AvgIpc) is 2.64. The predicted molar refractivity (Wildman–Crippen MR) is 69.1 cm³/mol. The predicted octanol–water partition coefficient (Wildman–Crippen LogP) is 3.92. The molecule has 0 aliphatic heterocycles. The number of halogens is 1. The van der Waals surface area contributed by atoms with Crippen LogP contribution >= 0.6 is 0 Å². The number of carbonyl (C=O) groups excluding carboxylic acids is 1. The highest BCUT2D eigenvalue weighted by Gasteiger charge is 2.21. The lowest BCUT2D eigenvalue weighted by Crippen LogP contribution is -2.03. The Morgan fingerprint density at radius 3 is 3.06 bits per heavy atom. The third kappa shape index (κ3) is 2.05. The van der Waals surface area contributed by atoms with E-state index in [1.807, 2.05) is 6.20 Å². The number of carbonyl (C=O) groups is 1. The SMILES string of the molecule is O=C1CCCCC(c2c[nH]c3ccc(F)cc23)C1. The van der Waals surface area contributed by atoms with Crippen LogP contribution in [-0.2, 0) is 4.79 Å². The summed E-state index contributed by atoms with van der Waals surface area (Å²) in [6, 6.07) is 4.78. The molecule has 1 aromatic heterocycles. The summed E-state index contributed by atoms with van der Waals surface area (Å²) >= 11 is 0. The minimum Gasteiger partial charge on any atom is -0.361 e. The van der Waals surface area contributed by atoms with Gasteiger partial charge in [-0.15, -0.1) is 0 Å². The van der Waals surface area contributed by atoms with Crippen molar-refractivity contribution in [1.29, 1.82) is 0 Å². The Bertz CT molecular complexity index is 587. The van der Waals surface area contributed by atoms with Gasteiger partial charge in [0.15, 0.2) is 0 Å². The maximum absolute atomic E-state index is 13.3. The van der Waals surface area contributed by atoms with E-state index >= 15 is 0 Å². The zero-order chi connectivity index (χ0) is 12.5. The first-order chi connectivity index (χ1) is 8.74. The summed E-state index contributed by atoms with van der Waals surface area (Å²) in [6.45, 7) is 0. The van der Waals surface area contributed by atoms with Gasteiger partial charge in [-0.1, -0.05) is 6.42 Å². The molecule has 1 saturated carbocycles. The quantitative estimate of drug-likeness (QED) is 0.759. The standard InChI is InChI=1S/C15H16FNO/c16-11-5-6-15-13(8-11)14(9-17-15)10-3-1-2-4-12(18)7-10/h5-6,8-10,17H,1-4,7H2. The van der Waals surface area contributed by atoms with Crippen LogP contribution in [0.2, 0.25) is 0 Å². The number of hydrogen-bond acceptors (Lipinski definition) is 1. The maximum atomic E-state index is 13.3. The lowest BCUT2D eigenvalue weighted by Gasteiger charge is -2.12. The van der Waals surface area contributed by atoms with Crippen molar-refractivity contribution in [2.24, 2.45) is 0 Å². The average molecular weight is 245 g/mol. The second kappa shape index (κ2) is 4.56. The molecular formula is C15H16FNO. The van der Waals surface area contributed by atoms with Crippen LogP contribution in [0.3, 0.4) is 0 Å². The summed E-state index contributed by atoms with van der Waals surface area (Å²) in [5.41, 5.74) is 2.04. The maximum Gasteiger partial charge on any atom is 0.133 e. The van der Waals surface area contributed by atoms with E-state index in [-0.39, 0.29) is 11.7 Å². The van der Waals surface area contributed by atoms with E-state index in [2.05, 4.69) is 4.98 Å². The summed E-state index contributed by atoms with van der Waals surface area (Å²) in [5, 5.41) is 0.926. The fourth-order valence-electron chi connectivity index (χ4n) is 2.91. The van der Waals surface area contributed by atoms with Crippen LogP contribution in [0.4, 0.5) is 4.39 Å². The molecule has 1 fully saturated rings. The van der Waals surface area contributed by atoms with Gasteiger partial charge in [-0.25, -0.2) is 4.39 Å². The molecule has 1 N–H and O–H groups in total. The van der Waals surface area contributed by atoms with Gasteiger partial charge in [-0.05, 0) is 42.5 Å². The van der Waals surface area contributed by atoms with Gasteiger partial charge in [0.1, 0.15) is 11.6 Å². The van der Waals surface area contributed by atoms with Crippen LogP contribution in [0.5, 0.6) is 0 Å². The van der Waals surface area contributed by atoms with Crippen molar-refractivity contribution in [2.75, 3.05) is 0 Å². The molecule has 0 saturated heterocycles. The Labute approximate surface area is 105 Å². The molecule has 18 heavy (non-hydrogen) atoms. The van der Waals surface area contributed by atoms with E-state index in [0.717, 1.165) is 35.7 Å². The van der Waals surface area contributed by atoms with Crippen LogP contribution in [0.25, 0.3) is 10.9 Å². The van der Waals surface area contributed by atoms with Crippen LogP contribution in [0.1, 0.15) is 43.6 Å². The van der Waals surface area contributed by atoms with Gasteiger partial charge in [-0.2, -0.15) is 0 Å². The van der Waals surface area contributed by atoms with Crippen molar-refractivity contribution in [1.82, 2.24) is 4.98 Å². The molecule has 0 spiro atoms. The Morgan fingerprint density at radius 2 is 2.17 bits per heavy atom. The minimum atomic E-state index is -0.219. The summed E-state index contributed by atoms with van der Waals surface area (Å²) in [6.07, 6.45) is 6.34. The van der Waals surface area contributed by atoms with Crippen LogP contribution in [0.15, 0.2) is 24.4 Å². The third-order valence-corrected chi connectivity index (χ3v) is 3.85. The van der Waals surface area contributed by atoms with Crippen LogP contribution < -0.4 is 0 Å². The van der Waals surface area contributed by atoms with Crippen molar-refractivity contribution in [3.63, 3.8) is 0 Å². The molecule has 1 atom stereocenters. The molecule has 2 nitrogen and oxygen atoms in total. The zero-order valence-corrected chi connectivity index (χ0v) is 10.2. The smallest absolute Gasteiger partial charge is 0.133 e. The van der Waals surface area contributed by atoms with Gasteiger partial charge >= 0.3 is 0 Å². The van der Waals surface area contributed by atoms with E-state index in [1.54, 1.807) is 12.1 Å². The molecule has 1 unspecified atom stereocenters. The summed E-state index contributed by atoms with van der Waals surface area (Å²) in [5.74, 6) is 0.363. The highest BCUT2D eigenvalue weighted by molar-refractivity contribution is 5.85. The summed E-state index contributed by atoms with van der Waals surface area (Å²) in [7, 11) is 0. The molecule has 3 rings (SSSR count). The second-order valence-electron chi connectivity index (χ2n) is 5.12. The van der Waals surface area contributed by atoms with Crippen molar-refractivity contribution in [2.45, 2.75) is 38.0 Å². The molecule has 1 heterocycles. The number of hydrogen-bond donors (Lipinski definition) is 1. The van der Waals surface area contributed by atoms with Gasteiger partial charge in [0.25, 0.3) is 0 Å². The van der Waals surface area contributed by atoms with E-state index in [4.69, 9.17) is 0 Å². The van der Waals surface area contributed by atoms with Crippen molar-refractivity contribution in [3.8, 4) is 0 Å². The highest BCUT2D eigenvalue weighted by Crippen LogP contribution is 2.34. The number of Topliss-reactive ketones (excluding diaryl/α,β-unsaturated/α-hetero) is 1. The first-order valence-electron chi connectivity index (χ1n) is 6.52. The highest BCUT2D eigenvalue weighted by atomic mass is 19.1. The molecule has 0 amide bonds. The van der Waals surface area contributed by atoms with Gasteiger partial charge in [0.2, 0.25) is 0 Å². The Kier molecular flexibility index (Phi) is 2.90. The second-order valence-corrected chi connectivity index (χ2v) is 5.12. The fraction of sp³-hybridized carbons (Fsp3) is 0.400. The molecule has 1 aromatic carbocycles. The topological polar surface area (TPSA) is 32.9 Å². The first kappa shape index (κ1) is 11.5. The first-order valence-corrected chi connectivity index (χ1v) is 6.52. The fourth-order valence-corrected chi connectivity index (χ4v) is 2.91. The van der Waals surface area contributed by atoms with Gasteiger partial charge < -0.3 is 4.98 Å². The largest absolute Gasteiger partial charge is 0.361 e. The van der Waals surface area contributed by atoms with Gasteiger partial charge in [0, 0.05) is 29.9 Å². The number of aromatic amines is 1. The van der Waals surface area contributed by atoms with Crippen LogP contribution in [0, 0.1) is 5.82 Å². The van der Waals surface area contributed by atoms with Gasteiger partial charge in [-0.3, -0.25) is 4.79 Å². The van der Waals surface area contributed by atoms with E-state index in [9.17, 15) is 9.18 Å². The zero-order valence-electron chi connectivity index (χ0n) is 10.2. The lowest BCUT2D eigenvalue weighted by atomic mass is 9.91. The molecule has 94 valence electrons. The Morgan fingerprint density at radius 1 is 1.28 bits per heavy atom. The van der Waals surface area contributed by atoms with Crippen LogP contribution in [-0.4, -0.2) is 10.8 Å². The summed E-state index contributed by atoms with van der Waals surface area (Å²) in [4.78, 5) is 14.9. The van der Waals surface area contributed by atoms with Crippen molar-refractivity contribution in [3.05, 3.63) is 35.8 Å². The molecule has 0 bridgehead atoms. The molecule has 0 radical (unpaired) electrons. The monoisotopic (exact) mass is 245 g/mol. The third-order valence-electron chi connectivity index (χ3n) is 3.85. The Balaban J connectivity index is 2.02. The minimum absolute atomic E-state index is 0.219.